The zero-order chi connectivity index (χ0) is 15.0. The molecule has 1 fully saturated rings. The molecule has 7 nitrogen and oxygen atoms in total. The van der Waals surface area contributed by atoms with Gasteiger partial charge in [0.1, 0.15) is 0 Å². The number of nitrogens with zero attached hydrogens (tertiary/aromatic N) is 4. The molecule has 0 radical (unpaired) electrons. The Labute approximate surface area is 128 Å². The van der Waals surface area contributed by atoms with Gasteiger partial charge in [0.25, 0.3) is 0 Å². The van der Waals surface area contributed by atoms with E-state index in [1.165, 1.54) is 10.6 Å². The quantitative estimate of drug-likeness (QED) is 0.852. The number of hydrogen-bond acceptors (Lipinski definition) is 6. The highest BCUT2D eigenvalue weighted by Gasteiger charge is 2.26. The lowest BCUT2D eigenvalue weighted by Crippen LogP contribution is -2.48. The number of imidazole rings is 1. The Hall–Kier alpha value is -1.16. The molecule has 1 saturated heterocycles. The molecule has 0 aromatic carbocycles. The normalized spacial score (nSPS) is 17.7. The van der Waals surface area contributed by atoms with Gasteiger partial charge >= 0.3 is 0 Å². The Morgan fingerprint density at radius 2 is 2.05 bits per heavy atom. The van der Waals surface area contributed by atoms with Crippen LogP contribution in [0.25, 0.3) is 4.96 Å². The number of anilines is 1. The number of rotatable bonds is 4. The van der Waals surface area contributed by atoms with Gasteiger partial charge in [0.15, 0.2) is 10.8 Å². The number of aromatic nitrogens is 2. The van der Waals surface area contributed by atoms with Crippen LogP contribution in [0.1, 0.15) is 5.69 Å². The lowest BCUT2D eigenvalue weighted by molar-refractivity contribution is 0.387. The molecule has 2 N–H and O–H groups in total. The Morgan fingerprint density at radius 3 is 2.67 bits per heavy atom. The molecule has 116 valence electrons. The van der Waals surface area contributed by atoms with Gasteiger partial charge in [0, 0.05) is 44.2 Å². The van der Waals surface area contributed by atoms with E-state index < -0.39 is 10.0 Å². The molecule has 3 rings (SSSR count). The van der Waals surface area contributed by atoms with Crippen LogP contribution in [0.5, 0.6) is 0 Å². The third-order valence-electron chi connectivity index (χ3n) is 3.73. The Morgan fingerprint density at radius 1 is 1.33 bits per heavy atom. The molecule has 21 heavy (non-hydrogen) atoms. The first-order valence-corrected chi connectivity index (χ1v) is 9.58. The summed E-state index contributed by atoms with van der Waals surface area (Å²) in [7, 11) is -3.10. The number of sulfonamides is 1. The van der Waals surface area contributed by atoms with E-state index in [-0.39, 0.29) is 0 Å². The largest absolute Gasteiger partial charge is 0.352 e. The minimum absolute atomic E-state index is 0.506. The van der Waals surface area contributed by atoms with Crippen LogP contribution in [0.15, 0.2) is 11.6 Å². The molecule has 0 bridgehead atoms. The Kier molecular flexibility index (Phi) is 3.91. The highest BCUT2D eigenvalue weighted by molar-refractivity contribution is 7.88. The van der Waals surface area contributed by atoms with Gasteiger partial charge in [-0.15, -0.1) is 11.3 Å². The molecule has 9 heteroatoms. The van der Waals surface area contributed by atoms with Crippen molar-refractivity contribution in [3.63, 3.8) is 0 Å². The predicted octanol–water partition coefficient (Wildman–Crippen LogP) is -0.0214. The Balaban J connectivity index is 1.85. The summed E-state index contributed by atoms with van der Waals surface area (Å²) in [4.78, 5) is 7.80. The lowest BCUT2D eigenvalue weighted by Gasteiger charge is -2.33. The first kappa shape index (κ1) is 14.8. The fourth-order valence-corrected chi connectivity index (χ4v) is 4.23. The van der Waals surface area contributed by atoms with Crippen molar-refractivity contribution in [1.82, 2.24) is 13.7 Å². The summed E-state index contributed by atoms with van der Waals surface area (Å²) in [5, 5.41) is 2.01. The van der Waals surface area contributed by atoms with E-state index in [0.29, 0.717) is 32.7 Å². The van der Waals surface area contributed by atoms with E-state index in [4.69, 9.17) is 5.73 Å². The van der Waals surface area contributed by atoms with Crippen LogP contribution in [0, 0.1) is 0 Å². The SMILES string of the molecule is CS(=O)(=O)N1CCN(c2nc3sccn3c2CCN)CC1. The van der Waals surface area contributed by atoms with E-state index >= 15 is 0 Å². The van der Waals surface area contributed by atoms with E-state index in [1.54, 1.807) is 11.3 Å². The topological polar surface area (TPSA) is 83.9 Å². The third kappa shape index (κ3) is 2.78. The van der Waals surface area contributed by atoms with Gasteiger partial charge in [-0.3, -0.25) is 4.40 Å². The van der Waals surface area contributed by atoms with Gasteiger partial charge < -0.3 is 10.6 Å². The van der Waals surface area contributed by atoms with Gasteiger partial charge in [-0.25, -0.2) is 13.4 Å². The van der Waals surface area contributed by atoms with E-state index in [9.17, 15) is 8.42 Å². The highest BCUT2D eigenvalue weighted by atomic mass is 32.2. The van der Waals surface area contributed by atoms with Gasteiger partial charge in [-0.1, -0.05) is 0 Å². The van der Waals surface area contributed by atoms with Crippen LogP contribution in [0.4, 0.5) is 5.82 Å². The molecular formula is C12H19N5O2S2. The average Bonchev–Trinajstić information content (AvgIpc) is 3.01. The molecule has 2 aromatic heterocycles. The van der Waals surface area contributed by atoms with E-state index in [2.05, 4.69) is 14.3 Å². The number of piperazine rings is 1. The zero-order valence-electron chi connectivity index (χ0n) is 11.9. The maximum absolute atomic E-state index is 11.6. The summed E-state index contributed by atoms with van der Waals surface area (Å²) < 4.78 is 26.7. The summed E-state index contributed by atoms with van der Waals surface area (Å²) in [5.41, 5.74) is 6.83. The summed E-state index contributed by atoms with van der Waals surface area (Å²) in [6.07, 6.45) is 4.03. The van der Waals surface area contributed by atoms with Crippen LogP contribution in [0.2, 0.25) is 0 Å². The first-order chi connectivity index (χ1) is 10.0. The molecule has 3 heterocycles. The fourth-order valence-electron chi connectivity index (χ4n) is 2.67. The highest BCUT2D eigenvalue weighted by Crippen LogP contribution is 2.26. The minimum Gasteiger partial charge on any atom is -0.352 e. The van der Waals surface area contributed by atoms with Crippen LogP contribution in [0.3, 0.4) is 0 Å². The number of fused-ring (bicyclic) bond motifs is 1. The van der Waals surface area contributed by atoms with E-state index in [1.807, 2.05) is 11.6 Å². The lowest BCUT2D eigenvalue weighted by atomic mass is 10.2. The Bertz CT molecular complexity index is 728. The second-order valence-electron chi connectivity index (χ2n) is 5.13. The summed E-state index contributed by atoms with van der Waals surface area (Å²) in [6.45, 7) is 2.91. The fraction of sp³-hybridized carbons (Fsp3) is 0.583. The van der Waals surface area contributed by atoms with Gasteiger partial charge in [0.05, 0.1) is 11.9 Å². The van der Waals surface area contributed by atoms with Gasteiger partial charge in [-0.2, -0.15) is 4.31 Å². The smallest absolute Gasteiger partial charge is 0.211 e. The van der Waals surface area contributed by atoms with Crippen LogP contribution >= 0.6 is 11.3 Å². The van der Waals surface area contributed by atoms with Crippen molar-refractivity contribution in [2.45, 2.75) is 6.42 Å². The first-order valence-electron chi connectivity index (χ1n) is 6.85. The summed E-state index contributed by atoms with van der Waals surface area (Å²) >= 11 is 1.60. The van der Waals surface area contributed by atoms with Crippen LogP contribution in [-0.2, 0) is 16.4 Å². The van der Waals surface area contributed by atoms with Crippen molar-refractivity contribution < 1.29 is 8.42 Å². The molecule has 0 aliphatic carbocycles. The predicted molar refractivity (Wildman–Crippen MR) is 84.5 cm³/mol. The average molecular weight is 329 g/mol. The van der Waals surface area contributed by atoms with Crippen LogP contribution < -0.4 is 10.6 Å². The molecule has 1 aliphatic heterocycles. The molecule has 0 atom stereocenters. The van der Waals surface area contributed by atoms with Gasteiger partial charge in [-0.05, 0) is 6.54 Å². The summed E-state index contributed by atoms with van der Waals surface area (Å²) in [6, 6.07) is 0. The molecule has 0 spiro atoms. The van der Waals surface area contributed by atoms with Crippen LogP contribution in [-0.4, -0.2) is 61.1 Å². The molecule has 1 aliphatic rings. The molecule has 0 saturated carbocycles. The molecular weight excluding hydrogens is 310 g/mol. The zero-order valence-corrected chi connectivity index (χ0v) is 13.5. The number of thiazole rings is 1. The third-order valence-corrected chi connectivity index (χ3v) is 5.79. The molecule has 0 amide bonds. The van der Waals surface area contributed by atoms with Crippen molar-refractivity contribution in [2.24, 2.45) is 5.73 Å². The van der Waals surface area contributed by atoms with Gasteiger partial charge in [0.2, 0.25) is 10.0 Å². The number of hydrogen-bond donors (Lipinski definition) is 1. The monoisotopic (exact) mass is 329 g/mol. The maximum atomic E-state index is 11.6. The van der Waals surface area contributed by atoms with Crippen molar-refractivity contribution in [3.8, 4) is 0 Å². The molecule has 2 aromatic rings. The minimum atomic E-state index is -3.10. The summed E-state index contributed by atoms with van der Waals surface area (Å²) in [5.74, 6) is 0.945. The number of nitrogens with two attached hydrogens (primary N) is 1. The van der Waals surface area contributed by atoms with Crippen molar-refractivity contribution in [2.75, 3.05) is 43.9 Å². The van der Waals surface area contributed by atoms with Crippen molar-refractivity contribution in [1.29, 1.82) is 0 Å². The van der Waals surface area contributed by atoms with Crippen molar-refractivity contribution >= 4 is 32.1 Å². The second kappa shape index (κ2) is 5.56. The van der Waals surface area contributed by atoms with Crippen molar-refractivity contribution in [3.05, 3.63) is 17.3 Å². The molecule has 0 unspecified atom stereocenters. The standard InChI is InChI=1S/C12H19N5O2S2/c1-21(18,19)16-6-4-15(5-7-16)11-10(2-3-13)17-8-9-20-12(17)14-11/h8-9H,2-7,13H2,1H3. The maximum Gasteiger partial charge on any atom is 0.211 e. The van der Waals surface area contributed by atoms with E-state index in [0.717, 1.165) is 22.9 Å². The second-order valence-corrected chi connectivity index (χ2v) is 7.98.